The van der Waals surface area contributed by atoms with Gasteiger partial charge in [0.1, 0.15) is 0 Å². The van der Waals surface area contributed by atoms with Crippen LogP contribution in [0.1, 0.15) is 24.2 Å². The van der Waals surface area contributed by atoms with E-state index in [4.69, 9.17) is 0 Å². The maximum absolute atomic E-state index is 4.49. The minimum Gasteiger partial charge on any atom is -0.353 e. The van der Waals surface area contributed by atoms with E-state index < -0.39 is 0 Å². The van der Waals surface area contributed by atoms with Gasteiger partial charge in [0.15, 0.2) is 0 Å². The lowest BCUT2D eigenvalue weighted by atomic mass is 10.3. The van der Waals surface area contributed by atoms with Crippen molar-refractivity contribution in [3.8, 4) is 5.69 Å². The SMILES string of the molecule is Cc1ccc(-n2ccnc2NC2CC2)c(C)n1. The smallest absolute Gasteiger partial charge is 0.207 e. The molecule has 2 aromatic rings. The van der Waals surface area contributed by atoms with Crippen molar-refractivity contribution in [3.05, 3.63) is 35.9 Å². The monoisotopic (exact) mass is 228 g/mol. The summed E-state index contributed by atoms with van der Waals surface area (Å²) in [5.74, 6) is 0.918. The summed E-state index contributed by atoms with van der Waals surface area (Å²) >= 11 is 0. The van der Waals surface area contributed by atoms with Crippen LogP contribution < -0.4 is 5.32 Å². The first kappa shape index (κ1) is 10.3. The minimum atomic E-state index is 0.606. The topological polar surface area (TPSA) is 42.7 Å². The highest BCUT2D eigenvalue weighted by atomic mass is 15.2. The number of aromatic nitrogens is 3. The predicted molar refractivity (Wildman–Crippen MR) is 67.5 cm³/mol. The number of hydrogen-bond acceptors (Lipinski definition) is 3. The van der Waals surface area contributed by atoms with Crippen LogP contribution in [0.2, 0.25) is 0 Å². The van der Waals surface area contributed by atoms with E-state index in [1.165, 1.54) is 12.8 Å². The molecule has 3 rings (SSSR count). The quantitative estimate of drug-likeness (QED) is 0.877. The highest BCUT2D eigenvalue weighted by molar-refractivity contribution is 5.45. The molecule has 88 valence electrons. The molecule has 0 saturated heterocycles. The number of imidazole rings is 1. The normalized spacial score (nSPS) is 14.9. The molecule has 0 aliphatic heterocycles. The van der Waals surface area contributed by atoms with Gasteiger partial charge in [-0.3, -0.25) is 9.55 Å². The van der Waals surface area contributed by atoms with E-state index in [2.05, 4.69) is 25.9 Å². The van der Waals surface area contributed by atoms with Gasteiger partial charge >= 0.3 is 0 Å². The van der Waals surface area contributed by atoms with Gasteiger partial charge in [-0.05, 0) is 38.8 Å². The number of nitrogens with zero attached hydrogens (tertiary/aromatic N) is 3. The third kappa shape index (κ3) is 2.02. The minimum absolute atomic E-state index is 0.606. The molecular formula is C13H16N4. The number of anilines is 1. The van der Waals surface area contributed by atoms with Gasteiger partial charge in [-0.1, -0.05) is 0 Å². The highest BCUT2D eigenvalue weighted by Gasteiger charge is 2.23. The Labute approximate surface area is 101 Å². The first-order chi connectivity index (χ1) is 8.24. The molecule has 0 spiro atoms. The van der Waals surface area contributed by atoms with Crippen molar-refractivity contribution in [1.29, 1.82) is 0 Å². The zero-order valence-corrected chi connectivity index (χ0v) is 10.1. The van der Waals surface area contributed by atoms with Gasteiger partial charge in [-0.2, -0.15) is 0 Å². The molecule has 1 N–H and O–H groups in total. The highest BCUT2D eigenvalue weighted by Crippen LogP contribution is 2.25. The number of hydrogen-bond donors (Lipinski definition) is 1. The summed E-state index contributed by atoms with van der Waals surface area (Å²) in [6.07, 6.45) is 6.30. The van der Waals surface area contributed by atoms with E-state index in [9.17, 15) is 0 Å². The second-order valence-corrected chi connectivity index (χ2v) is 4.60. The van der Waals surface area contributed by atoms with Crippen LogP contribution in [0.5, 0.6) is 0 Å². The van der Waals surface area contributed by atoms with Crippen molar-refractivity contribution in [2.24, 2.45) is 0 Å². The molecule has 0 radical (unpaired) electrons. The largest absolute Gasteiger partial charge is 0.353 e. The lowest BCUT2D eigenvalue weighted by Gasteiger charge is -2.11. The number of rotatable bonds is 3. The van der Waals surface area contributed by atoms with Gasteiger partial charge in [-0.25, -0.2) is 4.98 Å². The molecule has 4 heteroatoms. The van der Waals surface area contributed by atoms with Crippen molar-refractivity contribution in [3.63, 3.8) is 0 Å². The van der Waals surface area contributed by atoms with E-state index in [1.54, 1.807) is 0 Å². The van der Waals surface area contributed by atoms with Gasteiger partial charge in [-0.15, -0.1) is 0 Å². The van der Waals surface area contributed by atoms with Crippen LogP contribution >= 0.6 is 0 Å². The van der Waals surface area contributed by atoms with E-state index >= 15 is 0 Å². The standard InChI is InChI=1S/C13H16N4/c1-9-3-6-12(10(2)15-9)17-8-7-14-13(17)16-11-4-5-11/h3,6-8,11H,4-5H2,1-2H3,(H,14,16). The fourth-order valence-electron chi connectivity index (χ4n) is 1.95. The zero-order chi connectivity index (χ0) is 11.8. The van der Waals surface area contributed by atoms with Crippen molar-refractivity contribution in [2.75, 3.05) is 5.32 Å². The van der Waals surface area contributed by atoms with Crippen LogP contribution in [-0.2, 0) is 0 Å². The molecule has 0 bridgehead atoms. The van der Waals surface area contributed by atoms with Gasteiger partial charge in [0, 0.05) is 24.1 Å². The van der Waals surface area contributed by atoms with E-state index in [0.29, 0.717) is 6.04 Å². The van der Waals surface area contributed by atoms with Crippen LogP contribution in [0.25, 0.3) is 5.69 Å². The average molecular weight is 228 g/mol. The fourth-order valence-corrected chi connectivity index (χ4v) is 1.95. The first-order valence-electron chi connectivity index (χ1n) is 5.98. The molecule has 17 heavy (non-hydrogen) atoms. The number of pyridine rings is 1. The molecule has 0 aromatic carbocycles. The average Bonchev–Trinajstić information content (AvgIpc) is 2.97. The summed E-state index contributed by atoms with van der Waals surface area (Å²) in [4.78, 5) is 8.85. The van der Waals surface area contributed by atoms with Gasteiger partial charge < -0.3 is 5.32 Å². The van der Waals surface area contributed by atoms with Crippen molar-refractivity contribution >= 4 is 5.95 Å². The molecule has 2 heterocycles. The third-order valence-corrected chi connectivity index (χ3v) is 3.01. The second kappa shape index (κ2) is 3.87. The van der Waals surface area contributed by atoms with Crippen LogP contribution in [0, 0.1) is 13.8 Å². The summed E-state index contributed by atoms with van der Waals surface area (Å²) in [7, 11) is 0. The Morgan fingerprint density at radius 2 is 2.12 bits per heavy atom. The van der Waals surface area contributed by atoms with Crippen LogP contribution in [0.3, 0.4) is 0 Å². The molecule has 1 saturated carbocycles. The van der Waals surface area contributed by atoms with E-state index in [0.717, 1.165) is 23.0 Å². The number of nitrogens with one attached hydrogen (secondary N) is 1. The van der Waals surface area contributed by atoms with Crippen molar-refractivity contribution in [2.45, 2.75) is 32.7 Å². The van der Waals surface area contributed by atoms with Crippen molar-refractivity contribution in [1.82, 2.24) is 14.5 Å². The Hall–Kier alpha value is -1.84. The zero-order valence-electron chi connectivity index (χ0n) is 10.1. The molecule has 1 fully saturated rings. The Morgan fingerprint density at radius 1 is 1.29 bits per heavy atom. The Bertz CT molecular complexity index is 540. The third-order valence-electron chi connectivity index (χ3n) is 3.01. The van der Waals surface area contributed by atoms with Gasteiger partial charge in [0.2, 0.25) is 5.95 Å². The molecule has 4 nitrogen and oxygen atoms in total. The van der Waals surface area contributed by atoms with Gasteiger partial charge in [0.05, 0.1) is 11.4 Å². The van der Waals surface area contributed by atoms with Crippen molar-refractivity contribution < 1.29 is 0 Å². The fraction of sp³-hybridized carbons (Fsp3) is 0.385. The summed E-state index contributed by atoms with van der Waals surface area (Å²) in [6, 6.07) is 4.73. The first-order valence-corrected chi connectivity index (χ1v) is 5.98. The number of aryl methyl sites for hydroxylation is 2. The maximum Gasteiger partial charge on any atom is 0.207 e. The molecule has 1 aliphatic rings. The van der Waals surface area contributed by atoms with Crippen LogP contribution in [0.15, 0.2) is 24.5 Å². The summed E-state index contributed by atoms with van der Waals surface area (Å²) < 4.78 is 2.07. The Balaban J connectivity index is 1.99. The second-order valence-electron chi connectivity index (χ2n) is 4.60. The molecule has 2 aromatic heterocycles. The van der Waals surface area contributed by atoms with Crippen LogP contribution in [0.4, 0.5) is 5.95 Å². The molecule has 0 atom stereocenters. The summed E-state index contributed by atoms with van der Waals surface area (Å²) in [6.45, 7) is 4.04. The molecule has 0 amide bonds. The maximum atomic E-state index is 4.49. The molecule has 1 aliphatic carbocycles. The molecule has 0 unspecified atom stereocenters. The lowest BCUT2D eigenvalue weighted by molar-refractivity contribution is 0.967. The van der Waals surface area contributed by atoms with Gasteiger partial charge in [0.25, 0.3) is 0 Å². The van der Waals surface area contributed by atoms with E-state index in [1.807, 2.05) is 32.3 Å². The Morgan fingerprint density at radius 3 is 2.82 bits per heavy atom. The summed E-state index contributed by atoms with van der Waals surface area (Å²) in [5, 5.41) is 3.43. The lowest BCUT2D eigenvalue weighted by Crippen LogP contribution is -2.09. The summed E-state index contributed by atoms with van der Waals surface area (Å²) in [5.41, 5.74) is 3.17. The van der Waals surface area contributed by atoms with E-state index in [-0.39, 0.29) is 0 Å². The Kier molecular flexibility index (Phi) is 2.35. The molecular weight excluding hydrogens is 212 g/mol. The predicted octanol–water partition coefficient (Wildman–Crippen LogP) is 2.46. The van der Waals surface area contributed by atoms with Crippen LogP contribution in [-0.4, -0.2) is 20.6 Å².